The van der Waals surface area contributed by atoms with Crippen LogP contribution in [0.15, 0.2) is 52.4 Å². The van der Waals surface area contributed by atoms with E-state index < -0.39 is 9.84 Å². The van der Waals surface area contributed by atoms with Crippen LogP contribution < -0.4 is 11.3 Å². The van der Waals surface area contributed by atoms with Gasteiger partial charge in [0.25, 0.3) is 0 Å². The van der Waals surface area contributed by atoms with Crippen LogP contribution in [0.1, 0.15) is 0 Å². The van der Waals surface area contributed by atoms with Gasteiger partial charge in [-0.3, -0.25) is 0 Å². The zero-order valence-corrected chi connectivity index (χ0v) is 9.55. The molecule has 88 valence electrons. The summed E-state index contributed by atoms with van der Waals surface area (Å²) < 4.78 is 24.2. The van der Waals surface area contributed by atoms with Crippen molar-refractivity contribution in [1.82, 2.24) is 10.2 Å². The number of benzene rings is 1. The summed E-state index contributed by atoms with van der Waals surface area (Å²) in [7, 11) is -3.61. The van der Waals surface area contributed by atoms with E-state index in [9.17, 15) is 8.42 Å². The highest BCUT2D eigenvalue weighted by molar-refractivity contribution is 7.91. The number of nitrogens with one attached hydrogen (secondary N) is 1. The molecule has 0 fully saturated rings. The van der Waals surface area contributed by atoms with E-state index in [4.69, 9.17) is 5.84 Å². The molecule has 1 heterocycles. The minimum absolute atomic E-state index is 0.109. The Morgan fingerprint density at radius 3 is 2.24 bits per heavy atom. The van der Waals surface area contributed by atoms with Crippen molar-refractivity contribution in [3.63, 3.8) is 0 Å². The fourth-order valence-corrected chi connectivity index (χ4v) is 2.41. The summed E-state index contributed by atoms with van der Waals surface area (Å²) in [6.45, 7) is 0. The van der Waals surface area contributed by atoms with Crippen LogP contribution in [-0.2, 0) is 9.84 Å². The normalized spacial score (nSPS) is 11.1. The lowest BCUT2D eigenvalue weighted by Crippen LogP contribution is -2.11. The molecular weight excluding hydrogens is 240 g/mol. The van der Waals surface area contributed by atoms with Crippen LogP contribution in [0.4, 0.5) is 5.82 Å². The quantitative estimate of drug-likeness (QED) is 0.611. The van der Waals surface area contributed by atoms with Gasteiger partial charge in [-0.1, -0.05) is 18.2 Å². The highest BCUT2D eigenvalue weighted by atomic mass is 32.2. The molecule has 0 bridgehead atoms. The van der Waals surface area contributed by atoms with E-state index in [1.54, 1.807) is 18.2 Å². The number of nitrogens with two attached hydrogens (primary N) is 1. The molecule has 6 nitrogen and oxygen atoms in total. The summed E-state index contributed by atoms with van der Waals surface area (Å²) in [5.41, 5.74) is 2.28. The van der Waals surface area contributed by atoms with E-state index in [1.165, 1.54) is 24.3 Å². The number of anilines is 1. The van der Waals surface area contributed by atoms with Gasteiger partial charge in [0.1, 0.15) is 0 Å². The Kier molecular flexibility index (Phi) is 3.03. The maximum Gasteiger partial charge on any atom is 0.225 e. The van der Waals surface area contributed by atoms with Gasteiger partial charge in [0.05, 0.1) is 4.90 Å². The summed E-state index contributed by atoms with van der Waals surface area (Å²) in [4.78, 5) is 0.183. The second-order valence-electron chi connectivity index (χ2n) is 3.22. The molecule has 1 aromatic carbocycles. The highest BCUT2D eigenvalue weighted by Crippen LogP contribution is 2.18. The standard InChI is InChI=1S/C10H10N4O2S/c11-12-9-6-7-10(14-13-9)17(15,16)8-4-2-1-3-5-8/h1-7H,11H2,(H,12,13). The average molecular weight is 250 g/mol. The van der Waals surface area contributed by atoms with Crippen LogP contribution in [0.3, 0.4) is 0 Å². The molecule has 0 saturated carbocycles. The molecular formula is C10H10N4O2S. The smallest absolute Gasteiger partial charge is 0.225 e. The van der Waals surface area contributed by atoms with E-state index >= 15 is 0 Å². The van der Waals surface area contributed by atoms with Crippen molar-refractivity contribution in [2.45, 2.75) is 9.92 Å². The predicted molar refractivity (Wildman–Crippen MR) is 61.7 cm³/mol. The maximum absolute atomic E-state index is 12.1. The van der Waals surface area contributed by atoms with Gasteiger partial charge in [0.15, 0.2) is 10.8 Å². The van der Waals surface area contributed by atoms with Crippen LogP contribution in [-0.4, -0.2) is 18.6 Å². The van der Waals surface area contributed by atoms with Gasteiger partial charge in [-0.25, -0.2) is 14.3 Å². The first-order valence-corrected chi connectivity index (χ1v) is 6.23. The fourth-order valence-electron chi connectivity index (χ4n) is 1.26. The molecule has 3 N–H and O–H groups in total. The molecule has 1 aromatic heterocycles. The zero-order chi connectivity index (χ0) is 12.3. The molecule has 0 aliphatic rings. The lowest BCUT2D eigenvalue weighted by molar-refractivity contribution is 0.590. The third kappa shape index (κ3) is 2.24. The van der Waals surface area contributed by atoms with E-state index in [-0.39, 0.29) is 9.92 Å². The monoisotopic (exact) mass is 250 g/mol. The van der Waals surface area contributed by atoms with Crippen molar-refractivity contribution in [2.24, 2.45) is 5.84 Å². The molecule has 0 saturated heterocycles. The van der Waals surface area contributed by atoms with Crippen LogP contribution in [0, 0.1) is 0 Å². The van der Waals surface area contributed by atoms with Gasteiger partial charge in [-0.2, -0.15) is 0 Å². The number of nitrogens with zero attached hydrogens (tertiary/aromatic N) is 2. The summed E-state index contributed by atoms with van der Waals surface area (Å²) in [6.07, 6.45) is 0. The SMILES string of the molecule is NNc1ccc(S(=O)(=O)c2ccccc2)nn1. The Bertz CT molecular complexity index is 596. The lowest BCUT2D eigenvalue weighted by atomic mass is 10.4. The first-order chi connectivity index (χ1) is 8.14. The molecule has 0 unspecified atom stereocenters. The number of hydrogen-bond acceptors (Lipinski definition) is 6. The van der Waals surface area contributed by atoms with Crippen LogP contribution in [0.2, 0.25) is 0 Å². The summed E-state index contributed by atoms with van der Waals surface area (Å²) in [5.74, 6) is 5.42. The molecule has 0 aliphatic carbocycles. The maximum atomic E-state index is 12.1. The second-order valence-corrected chi connectivity index (χ2v) is 5.11. The predicted octanol–water partition coefficient (Wildman–Crippen LogP) is 0.595. The Hall–Kier alpha value is -1.99. The van der Waals surface area contributed by atoms with Crippen LogP contribution >= 0.6 is 0 Å². The van der Waals surface area contributed by atoms with Gasteiger partial charge < -0.3 is 5.43 Å². The molecule has 0 atom stereocenters. The molecule has 7 heteroatoms. The third-order valence-corrected chi connectivity index (χ3v) is 3.78. The Labute approximate surface area is 98.4 Å². The van der Waals surface area contributed by atoms with Crippen molar-refractivity contribution in [2.75, 3.05) is 5.43 Å². The number of aromatic nitrogens is 2. The minimum atomic E-state index is -3.61. The van der Waals surface area contributed by atoms with E-state index in [1.807, 2.05) is 0 Å². The van der Waals surface area contributed by atoms with E-state index in [0.717, 1.165) is 0 Å². The number of rotatable bonds is 3. The van der Waals surface area contributed by atoms with Gasteiger partial charge in [-0.05, 0) is 24.3 Å². The van der Waals surface area contributed by atoms with Crippen LogP contribution in [0.25, 0.3) is 0 Å². The van der Waals surface area contributed by atoms with Crippen molar-refractivity contribution in [1.29, 1.82) is 0 Å². The average Bonchev–Trinajstić information content (AvgIpc) is 2.40. The Morgan fingerprint density at radius 2 is 1.71 bits per heavy atom. The van der Waals surface area contributed by atoms with E-state index in [0.29, 0.717) is 5.82 Å². The zero-order valence-electron chi connectivity index (χ0n) is 8.74. The molecule has 17 heavy (non-hydrogen) atoms. The highest BCUT2D eigenvalue weighted by Gasteiger charge is 2.19. The molecule has 2 aromatic rings. The van der Waals surface area contributed by atoms with Gasteiger partial charge in [-0.15, -0.1) is 10.2 Å². The first-order valence-electron chi connectivity index (χ1n) is 4.75. The van der Waals surface area contributed by atoms with Gasteiger partial charge in [0, 0.05) is 0 Å². The summed E-state index contributed by atoms with van der Waals surface area (Å²) in [5, 5.41) is 7.13. The second kappa shape index (κ2) is 4.48. The van der Waals surface area contributed by atoms with Crippen molar-refractivity contribution in [3.8, 4) is 0 Å². The minimum Gasteiger partial charge on any atom is -0.307 e. The number of hydrazine groups is 1. The Morgan fingerprint density at radius 1 is 1.00 bits per heavy atom. The molecule has 0 radical (unpaired) electrons. The lowest BCUT2D eigenvalue weighted by Gasteiger charge is -2.03. The van der Waals surface area contributed by atoms with Gasteiger partial charge in [0.2, 0.25) is 9.84 Å². The van der Waals surface area contributed by atoms with Crippen molar-refractivity contribution < 1.29 is 8.42 Å². The summed E-state index contributed by atoms with van der Waals surface area (Å²) >= 11 is 0. The largest absolute Gasteiger partial charge is 0.307 e. The molecule has 0 amide bonds. The summed E-state index contributed by atoms with van der Waals surface area (Å²) in [6, 6.07) is 10.9. The molecule has 0 spiro atoms. The van der Waals surface area contributed by atoms with Crippen LogP contribution in [0.5, 0.6) is 0 Å². The molecule has 2 rings (SSSR count). The third-order valence-electron chi connectivity index (χ3n) is 2.12. The van der Waals surface area contributed by atoms with E-state index in [2.05, 4.69) is 15.6 Å². The van der Waals surface area contributed by atoms with Crippen molar-refractivity contribution >= 4 is 15.7 Å². The topological polar surface area (TPSA) is 98.0 Å². The fraction of sp³-hybridized carbons (Fsp3) is 0. The van der Waals surface area contributed by atoms with Gasteiger partial charge >= 0.3 is 0 Å². The van der Waals surface area contributed by atoms with Crippen molar-refractivity contribution in [3.05, 3.63) is 42.5 Å². The Balaban J connectivity index is 2.45. The molecule has 0 aliphatic heterocycles. The number of hydrogen-bond donors (Lipinski definition) is 2. The number of sulfone groups is 1. The number of nitrogen functional groups attached to an aromatic ring is 1. The first kappa shape index (κ1) is 11.5.